The zero-order valence-electron chi connectivity index (χ0n) is 16.9. The van der Waals surface area contributed by atoms with Crippen molar-refractivity contribution in [1.29, 1.82) is 0 Å². The first-order chi connectivity index (χ1) is 13.2. The van der Waals surface area contributed by atoms with E-state index in [0.29, 0.717) is 6.10 Å². The number of hydrogen-bond acceptors (Lipinski definition) is 3. The lowest BCUT2D eigenvalue weighted by molar-refractivity contribution is -0.147. The number of hydrogen-bond donors (Lipinski definition) is 0. The van der Waals surface area contributed by atoms with Gasteiger partial charge in [-0.15, -0.1) is 0 Å². The minimum absolute atomic E-state index is 0.0404. The van der Waals surface area contributed by atoms with E-state index in [-0.39, 0.29) is 11.7 Å². The van der Waals surface area contributed by atoms with Crippen LogP contribution in [0, 0.1) is 23.2 Å². The standard InChI is InChI=1S/C24H34O3/c1-24-13-12-19-18-9-7-17(25-2)15-16(18)6-8-20(19)21(24)10-11-22(24)27-23-5-3-4-14-26-23/h8,10-11,16-19,23H,3-7,9,12-15H2,1-2H3/t16?,17?,18-,19+,23?,24-/m0/s1. The molecule has 148 valence electrons. The smallest absolute Gasteiger partial charge is 0.199 e. The molecule has 5 rings (SSSR count). The molecule has 0 aromatic rings. The molecule has 0 spiro atoms. The molecule has 2 saturated carbocycles. The topological polar surface area (TPSA) is 27.7 Å². The Hall–Kier alpha value is -1.06. The van der Waals surface area contributed by atoms with Gasteiger partial charge in [-0.05, 0) is 93.3 Å². The summed E-state index contributed by atoms with van der Waals surface area (Å²) in [5.74, 6) is 3.57. The van der Waals surface area contributed by atoms with Gasteiger partial charge in [0, 0.05) is 13.5 Å². The molecule has 6 atom stereocenters. The Bertz CT molecular complexity index is 669. The van der Waals surface area contributed by atoms with Crippen molar-refractivity contribution in [2.75, 3.05) is 13.7 Å². The second-order valence-electron chi connectivity index (χ2n) is 9.49. The van der Waals surface area contributed by atoms with Gasteiger partial charge in [-0.1, -0.05) is 12.2 Å². The monoisotopic (exact) mass is 370 g/mol. The largest absolute Gasteiger partial charge is 0.468 e. The molecule has 1 heterocycles. The summed E-state index contributed by atoms with van der Waals surface area (Å²) in [4.78, 5) is 0. The highest BCUT2D eigenvalue weighted by atomic mass is 16.7. The fourth-order valence-corrected chi connectivity index (χ4v) is 6.49. The lowest BCUT2D eigenvalue weighted by Gasteiger charge is -2.49. The molecule has 3 unspecified atom stereocenters. The van der Waals surface area contributed by atoms with E-state index in [1.54, 1.807) is 5.57 Å². The Morgan fingerprint density at radius 1 is 1.11 bits per heavy atom. The summed E-state index contributed by atoms with van der Waals surface area (Å²) in [5, 5.41) is 0. The third kappa shape index (κ3) is 3.02. The van der Waals surface area contributed by atoms with Crippen molar-refractivity contribution in [2.45, 2.75) is 77.1 Å². The van der Waals surface area contributed by atoms with Crippen LogP contribution in [-0.4, -0.2) is 26.1 Å². The molecule has 0 aromatic carbocycles. The number of ether oxygens (including phenoxy) is 3. The molecule has 0 amide bonds. The zero-order valence-corrected chi connectivity index (χ0v) is 16.9. The van der Waals surface area contributed by atoms with Gasteiger partial charge in [0.1, 0.15) is 5.76 Å². The van der Waals surface area contributed by atoms with Crippen LogP contribution in [0.2, 0.25) is 0 Å². The maximum atomic E-state index is 6.38. The molecule has 4 aliphatic carbocycles. The maximum Gasteiger partial charge on any atom is 0.199 e. The Kier molecular flexibility index (Phi) is 4.72. The van der Waals surface area contributed by atoms with Gasteiger partial charge in [0.15, 0.2) is 6.29 Å². The Morgan fingerprint density at radius 3 is 2.85 bits per heavy atom. The first-order valence-electron chi connectivity index (χ1n) is 11.1. The summed E-state index contributed by atoms with van der Waals surface area (Å²) >= 11 is 0. The van der Waals surface area contributed by atoms with Crippen LogP contribution in [0.4, 0.5) is 0 Å². The molecule has 3 fully saturated rings. The first-order valence-corrected chi connectivity index (χ1v) is 11.1. The van der Waals surface area contributed by atoms with Crippen LogP contribution < -0.4 is 0 Å². The van der Waals surface area contributed by atoms with Crippen molar-refractivity contribution < 1.29 is 14.2 Å². The molecule has 1 saturated heterocycles. The van der Waals surface area contributed by atoms with Gasteiger partial charge in [0.05, 0.1) is 18.1 Å². The molecule has 1 aliphatic heterocycles. The average molecular weight is 371 g/mol. The van der Waals surface area contributed by atoms with E-state index in [4.69, 9.17) is 14.2 Å². The van der Waals surface area contributed by atoms with Crippen LogP contribution in [0.3, 0.4) is 0 Å². The highest BCUT2D eigenvalue weighted by Gasteiger charge is 2.49. The quantitative estimate of drug-likeness (QED) is 0.653. The summed E-state index contributed by atoms with van der Waals surface area (Å²) in [7, 11) is 1.88. The van der Waals surface area contributed by atoms with Crippen LogP contribution in [0.1, 0.15) is 64.7 Å². The van der Waals surface area contributed by atoms with Crippen molar-refractivity contribution in [3.8, 4) is 0 Å². The third-order valence-electron chi connectivity index (χ3n) is 8.09. The molecule has 3 heteroatoms. The normalized spacial score (nSPS) is 43.6. The highest BCUT2D eigenvalue weighted by molar-refractivity contribution is 5.52. The number of methoxy groups -OCH3 is 1. The van der Waals surface area contributed by atoms with Gasteiger partial charge < -0.3 is 14.2 Å². The second-order valence-corrected chi connectivity index (χ2v) is 9.49. The van der Waals surface area contributed by atoms with Gasteiger partial charge in [0.2, 0.25) is 0 Å². The predicted octanol–water partition coefficient (Wildman–Crippen LogP) is 5.53. The molecule has 0 radical (unpaired) electrons. The Labute approximate surface area is 163 Å². The predicted molar refractivity (Wildman–Crippen MR) is 106 cm³/mol. The van der Waals surface area contributed by atoms with Gasteiger partial charge in [-0.3, -0.25) is 0 Å². The van der Waals surface area contributed by atoms with Gasteiger partial charge >= 0.3 is 0 Å². The number of allylic oxidation sites excluding steroid dienone is 5. The molecule has 0 N–H and O–H groups in total. The van der Waals surface area contributed by atoms with Crippen LogP contribution in [0.15, 0.2) is 35.1 Å². The summed E-state index contributed by atoms with van der Waals surface area (Å²) in [6, 6.07) is 0. The van der Waals surface area contributed by atoms with E-state index in [1.807, 2.05) is 7.11 Å². The molecule has 27 heavy (non-hydrogen) atoms. The zero-order chi connectivity index (χ0) is 18.4. The van der Waals surface area contributed by atoms with Crippen LogP contribution in [-0.2, 0) is 14.2 Å². The van der Waals surface area contributed by atoms with Crippen molar-refractivity contribution in [2.24, 2.45) is 23.2 Å². The minimum Gasteiger partial charge on any atom is -0.468 e. The van der Waals surface area contributed by atoms with Gasteiger partial charge in [0.25, 0.3) is 0 Å². The third-order valence-corrected chi connectivity index (χ3v) is 8.09. The summed E-state index contributed by atoms with van der Waals surface area (Å²) < 4.78 is 17.9. The van der Waals surface area contributed by atoms with Crippen molar-refractivity contribution in [3.05, 3.63) is 35.1 Å². The summed E-state index contributed by atoms with van der Waals surface area (Å²) in [5.41, 5.74) is 3.23. The van der Waals surface area contributed by atoms with E-state index in [0.717, 1.165) is 36.5 Å². The number of rotatable bonds is 3. The van der Waals surface area contributed by atoms with Crippen LogP contribution in [0.25, 0.3) is 0 Å². The molecule has 3 nitrogen and oxygen atoms in total. The van der Waals surface area contributed by atoms with Gasteiger partial charge in [-0.25, -0.2) is 0 Å². The molecule has 5 aliphatic rings. The maximum absolute atomic E-state index is 6.38. The van der Waals surface area contributed by atoms with E-state index < -0.39 is 0 Å². The first kappa shape index (κ1) is 18.0. The minimum atomic E-state index is -0.0404. The fourth-order valence-electron chi connectivity index (χ4n) is 6.49. The van der Waals surface area contributed by atoms with Crippen molar-refractivity contribution >= 4 is 0 Å². The lowest BCUT2D eigenvalue weighted by atomic mass is 9.56. The highest BCUT2D eigenvalue weighted by Crippen LogP contribution is 2.59. The van der Waals surface area contributed by atoms with E-state index in [9.17, 15) is 0 Å². The van der Waals surface area contributed by atoms with Gasteiger partial charge in [-0.2, -0.15) is 0 Å². The number of fused-ring (bicyclic) bond motifs is 5. The van der Waals surface area contributed by atoms with E-state index >= 15 is 0 Å². The Morgan fingerprint density at radius 2 is 2.04 bits per heavy atom. The fraction of sp³-hybridized carbons (Fsp3) is 0.750. The van der Waals surface area contributed by atoms with Crippen LogP contribution >= 0.6 is 0 Å². The summed E-state index contributed by atoms with van der Waals surface area (Å²) in [6.07, 6.45) is 18.6. The molecular weight excluding hydrogens is 336 g/mol. The van der Waals surface area contributed by atoms with E-state index in [2.05, 4.69) is 25.2 Å². The molecular formula is C24H34O3. The van der Waals surface area contributed by atoms with Crippen molar-refractivity contribution in [3.63, 3.8) is 0 Å². The Balaban J connectivity index is 1.33. The van der Waals surface area contributed by atoms with Crippen molar-refractivity contribution in [1.82, 2.24) is 0 Å². The second kappa shape index (κ2) is 7.08. The summed E-state index contributed by atoms with van der Waals surface area (Å²) in [6.45, 7) is 3.24. The molecule has 0 bridgehead atoms. The van der Waals surface area contributed by atoms with Crippen LogP contribution in [0.5, 0.6) is 0 Å². The van der Waals surface area contributed by atoms with E-state index in [1.165, 1.54) is 56.9 Å². The lowest BCUT2D eigenvalue weighted by Crippen LogP contribution is -2.41. The average Bonchev–Trinajstić information content (AvgIpc) is 3.04. The SMILES string of the molecule is COC1CC[C@H]2C(CC=C3C4=CC=C(OC5CCCCO5)[C@@]4(C)CC[C@@H]32)C1. The molecule has 0 aromatic heterocycles.